The number of benzene rings is 3. The van der Waals surface area contributed by atoms with Gasteiger partial charge in [0.15, 0.2) is 0 Å². The molecule has 0 aromatic heterocycles. The molecule has 8 heteroatoms. The Morgan fingerprint density at radius 2 is 0.795 bits per heavy atom. The summed E-state index contributed by atoms with van der Waals surface area (Å²) in [5.74, 6) is 2.19. The van der Waals surface area contributed by atoms with E-state index in [-0.39, 0.29) is 48.1 Å². The predicted molar refractivity (Wildman–Crippen MR) is 142 cm³/mol. The third kappa shape index (κ3) is 8.22. The summed E-state index contributed by atoms with van der Waals surface area (Å²) in [4.78, 5) is 10.6. The maximum absolute atomic E-state index is 11.2. The zero-order chi connectivity index (χ0) is 25.1. The summed E-state index contributed by atoms with van der Waals surface area (Å²) < 4.78 is 33.5. The molecule has 2 aliphatic carbocycles. The van der Waals surface area contributed by atoms with E-state index in [1.165, 1.54) is 54.5 Å². The SMILES string of the molecule is O=[C-]c1ccc(C2CCC(c3ccc(C4CCC(c5ccc(S(=O)(=O)[O-])cc5)CC4)cc3)CC2)cc1.[Li+].[Li+].[OH-]. The van der Waals surface area contributed by atoms with E-state index in [0.717, 1.165) is 31.2 Å². The fourth-order valence-electron chi connectivity index (χ4n) is 6.29. The van der Waals surface area contributed by atoms with Crippen LogP contribution in [0.3, 0.4) is 0 Å². The number of hydrogen-bond donors (Lipinski definition) is 0. The molecular formula is C31H33Li2O5S-. The molecule has 0 aliphatic heterocycles. The maximum atomic E-state index is 11.2. The minimum Gasteiger partial charge on any atom is -0.870 e. The van der Waals surface area contributed by atoms with Crippen LogP contribution in [0.5, 0.6) is 0 Å². The zero-order valence-corrected chi connectivity index (χ0v) is 23.7. The Morgan fingerprint density at radius 1 is 0.538 bits per heavy atom. The van der Waals surface area contributed by atoms with Gasteiger partial charge in [-0.2, -0.15) is 17.7 Å². The molecule has 0 saturated heterocycles. The van der Waals surface area contributed by atoms with Crippen molar-refractivity contribution in [2.45, 2.75) is 79.9 Å². The fourth-order valence-corrected chi connectivity index (χ4v) is 6.76. The normalized spacial score (nSPS) is 22.9. The van der Waals surface area contributed by atoms with Gasteiger partial charge in [-0.05, 0) is 104 Å². The monoisotopic (exact) mass is 531 g/mol. The Bertz CT molecular complexity index is 1280. The summed E-state index contributed by atoms with van der Waals surface area (Å²) in [6, 6.07) is 23.7. The van der Waals surface area contributed by atoms with E-state index in [0.29, 0.717) is 29.2 Å². The van der Waals surface area contributed by atoms with Gasteiger partial charge in [0.25, 0.3) is 0 Å². The summed E-state index contributed by atoms with van der Waals surface area (Å²) in [6.45, 7) is 0. The molecule has 3 aromatic carbocycles. The van der Waals surface area contributed by atoms with Gasteiger partial charge in [-0.3, -0.25) is 0 Å². The van der Waals surface area contributed by atoms with E-state index in [9.17, 15) is 17.8 Å². The van der Waals surface area contributed by atoms with Gasteiger partial charge in [0.2, 0.25) is 0 Å². The van der Waals surface area contributed by atoms with Crippen molar-refractivity contribution >= 4 is 16.4 Å². The largest absolute Gasteiger partial charge is 1.00 e. The smallest absolute Gasteiger partial charge is 0.870 e. The summed E-state index contributed by atoms with van der Waals surface area (Å²) in [7, 11) is -4.39. The fraction of sp³-hybridized carbons (Fsp3) is 0.387. The first-order valence-corrected chi connectivity index (χ1v) is 14.5. The van der Waals surface area contributed by atoms with Crippen molar-refractivity contribution in [3.63, 3.8) is 0 Å². The van der Waals surface area contributed by atoms with E-state index in [1.54, 1.807) is 12.1 Å². The van der Waals surface area contributed by atoms with Crippen LogP contribution in [0.15, 0.2) is 77.7 Å². The van der Waals surface area contributed by atoms with Crippen molar-refractivity contribution in [2.75, 3.05) is 0 Å². The van der Waals surface area contributed by atoms with Crippen molar-refractivity contribution in [2.24, 2.45) is 0 Å². The maximum Gasteiger partial charge on any atom is 1.00 e. The van der Waals surface area contributed by atoms with Crippen LogP contribution < -0.4 is 37.7 Å². The van der Waals surface area contributed by atoms with Crippen molar-refractivity contribution < 1.29 is 61.0 Å². The van der Waals surface area contributed by atoms with Crippen LogP contribution in [0.2, 0.25) is 0 Å². The van der Waals surface area contributed by atoms with Crippen molar-refractivity contribution in [3.8, 4) is 0 Å². The number of rotatable bonds is 6. The first-order chi connectivity index (χ1) is 17.4. The Hall–Kier alpha value is -1.61. The minimum atomic E-state index is -4.39. The number of carbonyl (C=O) groups excluding carboxylic acids is 1. The van der Waals surface area contributed by atoms with Crippen LogP contribution in [0, 0.1) is 0 Å². The second-order valence-corrected chi connectivity index (χ2v) is 11.9. The summed E-state index contributed by atoms with van der Waals surface area (Å²) in [5.41, 5.74) is 5.96. The van der Waals surface area contributed by atoms with Gasteiger partial charge in [-0.25, -0.2) is 8.42 Å². The van der Waals surface area contributed by atoms with Crippen molar-refractivity contribution in [3.05, 3.63) is 101 Å². The Morgan fingerprint density at radius 3 is 1.05 bits per heavy atom. The van der Waals surface area contributed by atoms with Gasteiger partial charge in [-0.1, -0.05) is 42.0 Å². The van der Waals surface area contributed by atoms with Crippen LogP contribution >= 0.6 is 0 Å². The average Bonchev–Trinajstić information content (AvgIpc) is 2.93. The number of hydrogen-bond acceptors (Lipinski definition) is 5. The molecule has 3 aromatic rings. The molecule has 5 rings (SSSR count). The van der Waals surface area contributed by atoms with Gasteiger partial charge in [-0.15, -0.1) is 12.1 Å². The third-order valence-electron chi connectivity index (χ3n) is 8.47. The molecule has 196 valence electrons. The van der Waals surface area contributed by atoms with E-state index in [1.807, 2.05) is 18.4 Å². The second-order valence-electron chi connectivity index (χ2n) is 10.5. The molecule has 2 fully saturated rings. The quantitative estimate of drug-likeness (QED) is 0.266. The van der Waals surface area contributed by atoms with E-state index in [4.69, 9.17) is 0 Å². The molecule has 5 nitrogen and oxygen atoms in total. The third-order valence-corrected chi connectivity index (χ3v) is 9.32. The van der Waals surface area contributed by atoms with E-state index >= 15 is 0 Å². The van der Waals surface area contributed by atoms with Gasteiger partial charge in [0, 0.05) is 0 Å². The van der Waals surface area contributed by atoms with Crippen LogP contribution in [0.4, 0.5) is 0 Å². The Kier molecular flexibility index (Phi) is 12.8. The molecule has 0 amide bonds. The van der Waals surface area contributed by atoms with Gasteiger partial charge < -0.3 is 14.8 Å². The Labute approximate surface area is 256 Å². The molecular weight excluding hydrogens is 498 g/mol. The van der Waals surface area contributed by atoms with Crippen LogP contribution in [-0.4, -0.2) is 24.7 Å². The molecule has 0 atom stereocenters. The van der Waals surface area contributed by atoms with E-state index < -0.39 is 10.1 Å². The molecule has 0 bridgehead atoms. The Balaban J connectivity index is 0.00000178. The van der Waals surface area contributed by atoms with Crippen LogP contribution in [0.25, 0.3) is 0 Å². The first kappa shape index (κ1) is 33.6. The molecule has 2 aliphatic rings. The zero-order valence-electron chi connectivity index (χ0n) is 22.9. The molecule has 0 unspecified atom stereocenters. The molecule has 1 N–H and O–H groups in total. The van der Waals surface area contributed by atoms with Gasteiger partial charge in [0.1, 0.15) is 10.1 Å². The first-order valence-electron chi connectivity index (χ1n) is 13.0. The predicted octanol–water partition coefficient (Wildman–Crippen LogP) is 0.763. The molecule has 0 heterocycles. The van der Waals surface area contributed by atoms with Gasteiger partial charge >= 0.3 is 37.7 Å². The minimum absolute atomic E-state index is 0. The van der Waals surface area contributed by atoms with Crippen LogP contribution in [0.1, 0.15) is 103 Å². The topological polar surface area (TPSA) is 104 Å². The van der Waals surface area contributed by atoms with Crippen molar-refractivity contribution in [1.82, 2.24) is 0 Å². The second kappa shape index (κ2) is 14.9. The van der Waals surface area contributed by atoms with Crippen LogP contribution in [-0.2, 0) is 14.9 Å². The molecule has 0 radical (unpaired) electrons. The molecule has 0 spiro atoms. The standard InChI is InChI=1S/C31H33O4S.2Li.H2O/c32-21-22-1-3-23(4-2-22)24-5-7-25(8-6-24)26-9-11-27(12-10-26)28-13-15-29(16-14-28)30-17-19-31(20-18-30)36(33,34)35;;;/h1-4,9-12,17-20,24-25,28-29H,5-8,13-16H2,(H,33,34,35);;;1H2/q-1;2*+1;/p-2. The van der Waals surface area contributed by atoms with E-state index in [2.05, 4.69) is 36.4 Å². The van der Waals surface area contributed by atoms with Gasteiger partial charge in [0.05, 0.1) is 11.2 Å². The average molecular weight is 532 g/mol. The molecule has 2 saturated carbocycles. The summed E-state index contributed by atoms with van der Waals surface area (Å²) >= 11 is 0. The molecule has 39 heavy (non-hydrogen) atoms. The summed E-state index contributed by atoms with van der Waals surface area (Å²) in [6.07, 6.45) is 11.1. The summed E-state index contributed by atoms with van der Waals surface area (Å²) in [5, 5.41) is 0. The van der Waals surface area contributed by atoms with Crippen molar-refractivity contribution in [1.29, 1.82) is 0 Å².